The molecule has 7 nitrogen and oxygen atoms in total. The molecule has 0 bridgehead atoms. The van der Waals surface area contributed by atoms with Crippen molar-refractivity contribution in [1.29, 1.82) is 0 Å². The van der Waals surface area contributed by atoms with Crippen LogP contribution in [0.1, 0.15) is 37.7 Å². The Kier molecular flexibility index (Phi) is 6.92. The molecular weight excluding hydrogens is 450 g/mol. The number of amides is 2. The van der Waals surface area contributed by atoms with Crippen molar-refractivity contribution in [3.63, 3.8) is 0 Å². The molecule has 0 fully saturated rings. The minimum Gasteiger partial charge on any atom is -0.378 e. The monoisotopic (exact) mass is 481 g/mol. The van der Waals surface area contributed by atoms with Crippen molar-refractivity contribution in [2.45, 2.75) is 20.8 Å². The van der Waals surface area contributed by atoms with E-state index in [2.05, 4.69) is 75.7 Å². The number of H-pyrrole nitrogens is 1. The Morgan fingerprint density at radius 2 is 1.53 bits per heavy atom. The summed E-state index contributed by atoms with van der Waals surface area (Å²) in [7, 11) is 5.58. The molecule has 3 N–H and O–H groups in total. The second-order valence-electron chi connectivity index (χ2n) is 9.10. The van der Waals surface area contributed by atoms with Crippen LogP contribution in [0.5, 0.6) is 0 Å². The summed E-state index contributed by atoms with van der Waals surface area (Å²) >= 11 is 0. The van der Waals surface area contributed by atoms with Crippen LogP contribution in [0.4, 0.5) is 11.4 Å². The van der Waals surface area contributed by atoms with Gasteiger partial charge >= 0.3 is 0 Å². The summed E-state index contributed by atoms with van der Waals surface area (Å²) in [4.78, 5) is 35.0. The van der Waals surface area contributed by atoms with Crippen molar-refractivity contribution >= 4 is 23.2 Å². The zero-order valence-electron chi connectivity index (χ0n) is 21.5. The van der Waals surface area contributed by atoms with Gasteiger partial charge in [-0.05, 0) is 79.4 Å². The summed E-state index contributed by atoms with van der Waals surface area (Å²) in [6, 6.07) is 19.4. The molecule has 1 aromatic heterocycles. The van der Waals surface area contributed by atoms with Gasteiger partial charge in [0.2, 0.25) is 0 Å². The lowest BCUT2D eigenvalue weighted by atomic mass is 9.94. The van der Waals surface area contributed by atoms with Gasteiger partial charge in [-0.15, -0.1) is 0 Å². The highest BCUT2D eigenvalue weighted by Crippen LogP contribution is 2.34. The van der Waals surface area contributed by atoms with E-state index in [1.54, 1.807) is 31.3 Å². The summed E-state index contributed by atoms with van der Waals surface area (Å²) < 4.78 is 0. The van der Waals surface area contributed by atoms with Gasteiger partial charge < -0.3 is 20.5 Å². The predicted octanol–water partition coefficient (Wildman–Crippen LogP) is 5.35. The number of carbonyl (C=O) groups excluding carboxylic acids is 2. The molecule has 7 heteroatoms. The Hall–Kier alpha value is -4.39. The highest BCUT2D eigenvalue weighted by atomic mass is 16.2. The number of hydrogen-bond donors (Lipinski definition) is 3. The van der Waals surface area contributed by atoms with Gasteiger partial charge in [0.15, 0.2) is 0 Å². The number of nitrogens with one attached hydrogen (secondary N) is 3. The van der Waals surface area contributed by atoms with E-state index in [0.29, 0.717) is 28.5 Å². The van der Waals surface area contributed by atoms with Gasteiger partial charge in [0.05, 0.1) is 0 Å². The molecule has 0 unspecified atom stereocenters. The molecular formula is C29H31N5O2. The second kappa shape index (κ2) is 10.1. The van der Waals surface area contributed by atoms with E-state index in [0.717, 1.165) is 16.8 Å². The number of aryl methyl sites for hydroxylation is 3. The third-order valence-electron chi connectivity index (χ3n) is 6.19. The average molecular weight is 482 g/mol. The Morgan fingerprint density at radius 1 is 0.861 bits per heavy atom. The Morgan fingerprint density at radius 3 is 2.19 bits per heavy atom. The van der Waals surface area contributed by atoms with Crippen molar-refractivity contribution in [2.24, 2.45) is 0 Å². The third kappa shape index (κ3) is 5.00. The fraction of sp³-hybridized carbons (Fsp3) is 0.207. The lowest BCUT2D eigenvalue weighted by Gasteiger charge is -2.18. The third-order valence-corrected chi connectivity index (χ3v) is 6.19. The molecule has 0 aliphatic carbocycles. The number of aromatic amines is 1. The van der Waals surface area contributed by atoms with E-state index in [9.17, 15) is 9.59 Å². The van der Waals surface area contributed by atoms with Crippen LogP contribution in [0.15, 0.2) is 60.7 Å². The Balaban J connectivity index is 1.70. The van der Waals surface area contributed by atoms with Gasteiger partial charge in [0.25, 0.3) is 11.8 Å². The largest absolute Gasteiger partial charge is 0.378 e. The predicted molar refractivity (Wildman–Crippen MR) is 146 cm³/mol. The van der Waals surface area contributed by atoms with E-state index < -0.39 is 0 Å². The van der Waals surface area contributed by atoms with Gasteiger partial charge in [-0.2, -0.15) is 0 Å². The number of benzene rings is 3. The summed E-state index contributed by atoms with van der Waals surface area (Å²) in [5, 5.41) is 5.44. The van der Waals surface area contributed by atoms with Crippen LogP contribution in [0.25, 0.3) is 22.5 Å². The minimum absolute atomic E-state index is 0.218. The lowest BCUT2D eigenvalue weighted by Crippen LogP contribution is -2.18. The SMILES string of the molecule is CNC(=O)c1cccc(NC(=O)c2nc(-c3cc(-c4c(C)cccc4C)cc(N(C)C)c3)[nH]c2C)c1. The van der Waals surface area contributed by atoms with Crippen molar-refractivity contribution < 1.29 is 9.59 Å². The molecule has 0 aliphatic heterocycles. The first-order valence-corrected chi connectivity index (χ1v) is 11.8. The maximum atomic E-state index is 13.1. The van der Waals surface area contributed by atoms with Crippen LogP contribution in [0, 0.1) is 20.8 Å². The van der Waals surface area contributed by atoms with Crippen LogP contribution >= 0.6 is 0 Å². The molecule has 1 heterocycles. The molecule has 0 atom stereocenters. The molecule has 4 aromatic rings. The smallest absolute Gasteiger partial charge is 0.276 e. The zero-order chi connectivity index (χ0) is 26.0. The first-order valence-electron chi connectivity index (χ1n) is 11.8. The van der Waals surface area contributed by atoms with Crippen molar-refractivity contribution in [3.8, 4) is 22.5 Å². The fourth-order valence-electron chi connectivity index (χ4n) is 4.31. The van der Waals surface area contributed by atoms with Crippen molar-refractivity contribution in [1.82, 2.24) is 15.3 Å². The summed E-state index contributed by atoms with van der Waals surface area (Å²) in [5.41, 5.74) is 8.58. The van der Waals surface area contributed by atoms with E-state index in [-0.39, 0.29) is 11.8 Å². The highest BCUT2D eigenvalue weighted by Gasteiger charge is 2.18. The minimum atomic E-state index is -0.345. The molecule has 0 spiro atoms. The second-order valence-corrected chi connectivity index (χ2v) is 9.10. The topological polar surface area (TPSA) is 90.1 Å². The highest BCUT2D eigenvalue weighted by molar-refractivity contribution is 6.05. The van der Waals surface area contributed by atoms with Gasteiger partial charge in [0, 0.05) is 49.3 Å². The Labute approximate surface area is 211 Å². The van der Waals surface area contributed by atoms with Crippen LogP contribution in [-0.4, -0.2) is 42.9 Å². The summed E-state index contributed by atoms with van der Waals surface area (Å²) in [5.74, 6) is 0.0561. The summed E-state index contributed by atoms with van der Waals surface area (Å²) in [6.45, 7) is 6.06. The molecule has 0 saturated carbocycles. The van der Waals surface area contributed by atoms with Crippen LogP contribution in [0.2, 0.25) is 0 Å². The first-order chi connectivity index (χ1) is 17.2. The molecule has 0 aliphatic rings. The fourth-order valence-corrected chi connectivity index (χ4v) is 4.31. The maximum absolute atomic E-state index is 13.1. The van der Waals surface area contributed by atoms with E-state index in [1.165, 1.54) is 16.7 Å². The van der Waals surface area contributed by atoms with Gasteiger partial charge in [-0.25, -0.2) is 4.98 Å². The molecule has 0 radical (unpaired) electrons. The molecule has 0 saturated heterocycles. The first kappa shape index (κ1) is 24.7. The molecule has 2 amide bonds. The van der Waals surface area contributed by atoms with Crippen molar-refractivity contribution in [2.75, 3.05) is 31.4 Å². The molecule has 3 aromatic carbocycles. The van der Waals surface area contributed by atoms with Crippen molar-refractivity contribution in [3.05, 3.63) is 88.7 Å². The standard InChI is InChI=1S/C29H31N5O2/c1-17-9-7-10-18(2)25(17)21-13-22(16-24(15-21)34(5)6)27-31-19(3)26(33-27)29(36)32-23-12-8-11-20(14-23)28(35)30-4/h7-16H,1-6H3,(H,30,35)(H,31,33)(H,32,36). The number of aromatic nitrogens is 2. The Bertz CT molecular complexity index is 1430. The number of rotatable bonds is 6. The molecule has 36 heavy (non-hydrogen) atoms. The maximum Gasteiger partial charge on any atom is 0.276 e. The molecule has 184 valence electrons. The van der Waals surface area contributed by atoms with E-state index in [4.69, 9.17) is 0 Å². The zero-order valence-corrected chi connectivity index (χ0v) is 21.5. The van der Waals surface area contributed by atoms with Gasteiger partial charge in [-0.3, -0.25) is 9.59 Å². The number of hydrogen-bond acceptors (Lipinski definition) is 4. The van der Waals surface area contributed by atoms with Gasteiger partial charge in [0.1, 0.15) is 11.5 Å². The number of imidazole rings is 1. The van der Waals surface area contributed by atoms with Gasteiger partial charge in [-0.1, -0.05) is 24.3 Å². The number of anilines is 2. The van der Waals surface area contributed by atoms with E-state index in [1.807, 2.05) is 21.0 Å². The van der Waals surface area contributed by atoms with Crippen LogP contribution < -0.4 is 15.5 Å². The normalized spacial score (nSPS) is 10.7. The molecule has 4 rings (SSSR count). The van der Waals surface area contributed by atoms with Crippen LogP contribution in [-0.2, 0) is 0 Å². The lowest BCUT2D eigenvalue weighted by molar-refractivity contribution is 0.0961. The number of carbonyl (C=O) groups is 2. The number of nitrogens with zero attached hydrogens (tertiary/aromatic N) is 2. The quantitative estimate of drug-likeness (QED) is 0.346. The average Bonchev–Trinajstić information content (AvgIpc) is 3.25. The van der Waals surface area contributed by atoms with E-state index >= 15 is 0 Å². The summed E-state index contributed by atoms with van der Waals surface area (Å²) in [6.07, 6.45) is 0. The van der Waals surface area contributed by atoms with Crippen LogP contribution in [0.3, 0.4) is 0 Å².